The summed E-state index contributed by atoms with van der Waals surface area (Å²) in [6.07, 6.45) is -1.93. The third-order valence-corrected chi connectivity index (χ3v) is 13.4. The lowest BCUT2D eigenvalue weighted by Gasteiger charge is -2.30. The largest absolute Gasteiger partial charge is 0.391 e. The van der Waals surface area contributed by atoms with E-state index in [9.17, 15) is 62.6 Å². The maximum absolute atomic E-state index is 14.4. The van der Waals surface area contributed by atoms with Crippen LogP contribution in [0.1, 0.15) is 117 Å². The molecule has 1 aromatic carbocycles. The second kappa shape index (κ2) is 35.1. The first-order valence-corrected chi connectivity index (χ1v) is 26.8. The molecule has 0 spiro atoms. The van der Waals surface area contributed by atoms with Gasteiger partial charge in [0.1, 0.15) is 54.4 Å². The quantitative estimate of drug-likeness (QED) is 0.0460. The highest BCUT2D eigenvalue weighted by Crippen LogP contribution is 2.15. The molecule has 2 rings (SSSR count). The SMILES string of the molecule is CC[C@H](C)[C@@H]1NC(=O)[C@H](CCCNC(N)=O)NC(=O)[C@H](CC(N)=O)NC(=O)[C@H]([C@@H](C)O)NC(=O)[C@H](Cc2ccccc2)NC(=O)[C@H](CCCCN)NC(=O)[C@H]([C@@H](C)CC)NC(=O)[C@H](CCCCN)NC(=O)[C@H](CC(N)=O)NC1=O. The lowest BCUT2D eigenvalue weighted by atomic mass is 9.96. The van der Waals surface area contributed by atoms with Gasteiger partial charge in [-0.05, 0) is 88.8 Å². The fraction of sp³-hybridized carbons (Fsp3) is 0.647. The highest BCUT2D eigenvalue weighted by Gasteiger charge is 2.39. The molecular formula is C51H85N15O13. The Morgan fingerprint density at radius 1 is 0.481 bits per heavy atom. The van der Waals surface area contributed by atoms with E-state index in [1.54, 1.807) is 58.0 Å². The molecule has 1 saturated heterocycles. The second-order valence-electron chi connectivity index (χ2n) is 19.9. The predicted octanol–water partition coefficient (Wildman–Crippen LogP) is -4.46. The van der Waals surface area contributed by atoms with Crippen molar-refractivity contribution >= 4 is 71.0 Å². The molecule has 21 N–H and O–H groups in total. The summed E-state index contributed by atoms with van der Waals surface area (Å²) in [5.74, 6) is -12.4. The minimum atomic E-state index is -1.87. The molecule has 0 bridgehead atoms. The van der Waals surface area contributed by atoms with Crippen LogP contribution in [0, 0.1) is 11.8 Å². The number of carbonyl (C=O) groups excluding carboxylic acids is 12. The van der Waals surface area contributed by atoms with E-state index in [0.717, 1.165) is 6.92 Å². The van der Waals surface area contributed by atoms with Crippen molar-refractivity contribution in [3.05, 3.63) is 35.9 Å². The Morgan fingerprint density at radius 2 is 0.823 bits per heavy atom. The molecule has 0 radical (unpaired) electrons. The van der Waals surface area contributed by atoms with Crippen LogP contribution in [-0.2, 0) is 59.2 Å². The highest BCUT2D eigenvalue weighted by molar-refractivity contribution is 6.00. The number of primary amides is 3. The minimum Gasteiger partial charge on any atom is -0.391 e. The molecule has 12 atom stereocenters. The molecule has 0 saturated carbocycles. The summed E-state index contributed by atoms with van der Waals surface area (Å²) in [5.41, 5.74) is 28.4. The van der Waals surface area contributed by atoms with Crippen LogP contribution in [0.5, 0.6) is 0 Å². The lowest BCUT2D eigenvalue weighted by molar-refractivity contribution is -0.138. The van der Waals surface area contributed by atoms with Gasteiger partial charge in [0.2, 0.25) is 65.0 Å². The number of hydrogen-bond donors (Lipinski definition) is 16. The first-order chi connectivity index (χ1) is 37.4. The van der Waals surface area contributed by atoms with Crippen molar-refractivity contribution in [3.63, 3.8) is 0 Å². The minimum absolute atomic E-state index is 0.00743. The Balaban J connectivity index is 2.95. The van der Waals surface area contributed by atoms with Gasteiger partial charge in [0.15, 0.2) is 0 Å². The molecule has 1 aliphatic heterocycles. The van der Waals surface area contributed by atoms with Crippen LogP contribution in [0.25, 0.3) is 0 Å². The maximum atomic E-state index is 14.4. The summed E-state index contributed by atoms with van der Waals surface area (Å²) in [6, 6.07) is -6.70. The molecule has 1 aromatic rings. The molecule has 28 nitrogen and oxygen atoms in total. The number of nitrogens with one attached hydrogen (secondary N) is 10. The monoisotopic (exact) mass is 1120 g/mol. The summed E-state index contributed by atoms with van der Waals surface area (Å²) in [7, 11) is 0. The van der Waals surface area contributed by atoms with E-state index in [1.807, 2.05) is 0 Å². The molecule has 0 aromatic heterocycles. The highest BCUT2D eigenvalue weighted by atomic mass is 16.3. The van der Waals surface area contributed by atoms with Crippen LogP contribution < -0.4 is 81.8 Å². The second-order valence-corrected chi connectivity index (χ2v) is 19.9. The first-order valence-electron chi connectivity index (χ1n) is 26.8. The van der Waals surface area contributed by atoms with Crippen molar-refractivity contribution in [2.24, 2.45) is 40.5 Å². The summed E-state index contributed by atoms with van der Waals surface area (Å²) in [5, 5.41) is 36.2. The Kier molecular flexibility index (Phi) is 30.1. The molecule has 79 heavy (non-hydrogen) atoms. The molecule has 0 aliphatic carbocycles. The van der Waals surface area contributed by atoms with E-state index in [1.165, 1.54) is 0 Å². The Labute approximate surface area is 460 Å². The van der Waals surface area contributed by atoms with E-state index < -0.39 is 156 Å². The van der Waals surface area contributed by atoms with Crippen LogP contribution in [0.3, 0.4) is 0 Å². The van der Waals surface area contributed by atoms with Gasteiger partial charge in [0, 0.05) is 13.0 Å². The van der Waals surface area contributed by atoms with Crippen molar-refractivity contribution in [2.45, 2.75) is 179 Å². The number of aliphatic hydroxyl groups excluding tert-OH is 1. The Hall–Kier alpha value is -7.46. The zero-order valence-electron chi connectivity index (χ0n) is 45.9. The number of nitrogens with two attached hydrogens (primary N) is 5. The average molecular weight is 1120 g/mol. The van der Waals surface area contributed by atoms with Gasteiger partial charge >= 0.3 is 6.03 Å². The number of benzene rings is 1. The molecular weight excluding hydrogens is 1030 g/mol. The van der Waals surface area contributed by atoms with E-state index >= 15 is 0 Å². The fourth-order valence-corrected chi connectivity index (χ4v) is 8.36. The van der Waals surface area contributed by atoms with Crippen LogP contribution in [-0.4, -0.2) is 156 Å². The van der Waals surface area contributed by atoms with Gasteiger partial charge < -0.3 is 86.9 Å². The fourth-order valence-electron chi connectivity index (χ4n) is 8.36. The average Bonchev–Trinajstić information content (AvgIpc) is 3.41. The summed E-state index contributed by atoms with van der Waals surface area (Å²) in [6.45, 7) is 8.15. The number of rotatable bonds is 23. The van der Waals surface area contributed by atoms with Crippen molar-refractivity contribution in [2.75, 3.05) is 19.6 Å². The van der Waals surface area contributed by atoms with Gasteiger partial charge in [-0.15, -0.1) is 0 Å². The van der Waals surface area contributed by atoms with Crippen molar-refractivity contribution in [3.8, 4) is 0 Å². The molecule has 0 unspecified atom stereocenters. The third kappa shape index (κ3) is 24.0. The van der Waals surface area contributed by atoms with Gasteiger partial charge in [-0.25, -0.2) is 4.79 Å². The molecule has 28 heteroatoms. The Bertz CT molecular complexity index is 2240. The van der Waals surface area contributed by atoms with Crippen molar-refractivity contribution in [1.29, 1.82) is 0 Å². The molecule has 442 valence electrons. The van der Waals surface area contributed by atoms with E-state index in [2.05, 4.69) is 53.2 Å². The van der Waals surface area contributed by atoms with Gasteiger partial charge in [0.25, 0.3) is 0 Å². The Morgan fingerprint density at radius 3 is 1.22 bits per heavy atom. The molecule has 1 aliphatic rings. The van der Waals surface area contributed by atoms with Crippen LogP contribution in [0.15, 0.2) is 30.3 Å². The van der Waals surface area contributed by atoms with Gasteiger partial charge in [-0.2, -0.15) is 0 Å². The molecule has 13 amide bonds. The normalized spacial score (nSPS) is 24.9. The van der Waals surface area contributed by atoms with Gasteiger partial charge in [-0.1, -0.05) is 70.9 Å². The summed E-state index contributed by atoms with van der Waals surface area (Å²) >= 11 is 0. The number of hydrogen-bond acceptors (Lipinski definition) is 15. The third-order valence-electron chi connectivity index (χ3n) is 13.4. The van der Waals surface area contributed by atoms with Gasteiger partial charge in [0.05, 0.1) is 18.9 Å². The number of aliphatic hydroxyl groups is 1. The number of amides is 13. The van der Waals surface area contributed by atoms with E-state index in [4.69, 9.17) is 28.7 Å². The number of unbranched alkanes of at least 4 members (excludes halogenated alkanes) is 2. The number of carbonyl (C=O) groups is 12. The standard InChI is InChI=1S/C51H85N15O13/c1-6-27(3)39-48(76)60-31(18-11-13-21-52)42(70)61-34(24-30-16-9-8-10-17-30)47(75)66-41(29(5)67)50(78)63-36(26-38(55)69)46(74)59-33(20-15-23-57-51(56)79)44(72)65-40(28(4)7-2)49(77)62-35(25-37(54)68)45(73)58-32(43(71)64-39)19-12-14-22-53/h8-10,16-17,27-29,31-36,39-41,67H,6-7,11-15,18-26,52-53H2,1-5H3,(H2,54,68)(H2,55,69)(H,58,73)(H,59,74)(H,60,76)(H,61,70)(H,62,77)(H,63,78)(H,64,71)(H,65,72)(H,66,75)(H3,56,57,79)/t27-,28-,29+,31-,32-,33-,34-,35-,36-,39-,40-,41-/m0/s1. The number of urea groups is 1. The lowest BCUT2D eigenvalue weighted by Crippen LogP contribution is -2.62. The van der Waals surface area contributed by atoms with Crippen LogP contribution in [0.4, 0.5) is 4.79 Å². The van der Waals surface area contributed by atoms with E-state index in [-0.39, 0.29) is 64.6 Å². The van der Waals surface area contributed by atoms with Crippen LogP contribution in [0.2, 0.25) is 0 Å². The van der Waals surface area contributed by atoms with Crippen molar-refractivity contribution in [1.82, 2.24) is 53.2 Å². The molecule has 1 fully saturated rings. The zero-order valence-corrected chi connectivity index (χ0v) is 45.9. The molecule has 1 heterocycles. The maximum Gasteiger partial charge on any atom is 0.312 e. The zero-order chi connectivity index (χ0) is 59.4. The topological polar surface area (TPSA) is 475 Å². The summed E-state index contributed by atoms with van der Waals surface area (Å²) in [4.78, 5) is 165. The van der Waals surface area contributed by atoms with Crippen molar-refractivity contribution < 1.29 is 62.6 Å². The first kappa shape index (κ1) is 67.6. The van der Waals surface area contributed by atoms with Gasteiger partial charge in [-0.3, -0.25) is 52.7 Å². The van der Waals surface area contributed by atoms with Crippen LogP contribution >= 0.6 is 0 Å². The smallest absolute Gasteiger partial charge is 0.312 e. The summed E-state index contributed by atoms with van der Waals surface area (Å²) < 4.78 is 0. The predicted molar refractivity (Wildman–Crippen MR) is 288 cm³/mol. The van der Waals surface area contributed by atoms with E-state index in [0.29, 0.717) is 31.2 Å².